The number of rotatable bonds is 3. The summed E-state index contributed by atoms with van der Waals surface area (Å²) in [5.41, 5.74) is 2.59. The van der Waals surface area contributed by atoms with Crippen LogP contribution in [-0.4, -0.2) is 19.2 Å². The third-order valence-electron chi connectivity index (χ3n) is 2.88. The molecule has 1 aromatic carbocycles. The summed E-state index contributed by atoms with van der Waals surface area (Å²) in [6, 6.07) is 9.33. The van der Waals surface area contributed by atoms with Crippen molar-refractivity contribution in [1.29, 1.82) is 5.26 Å². The van der Waals surface area contributed by atoms with Crippen LogP contribution >= 0.6 is 11.6 Å². The van der Waals surface area contributed by atoms with Crippen LogP contribution in [0.4, 0.5) is 0 Å². The molecule has 20 heavy (non-hydrogen) atoms. The van der Waals surface area contributed by atoms with Gasteiger partial charge >= 0.3 is 0 Å². The number of ether oxygens (including phenoxy) is 2. The van der Waals surface area contributed by atoms with Crippen molar-refractivity contribution < 1.29 is 9.47 Å². The topological polar surface area (TPSA) is 55.1 Å². The maximum atomic E-state index is 9.27. The number of halogens is 1. The highest BCUT2D eigenvalue weighted by Crippen LogP contribution is 2.33. The van der Waals surface area contributed by atoms with Crippen LogP contribution in [0.25, 0.3) is 11.1 Å². The molecular weight excluding hydrogens is 276 g/mol. The average Bonchev–Trinajstić information content (AvgIpc) is 2.45. The van der Waals surface area contributed by atoms with E-state index < -0.39 is 0 Å². The molecule has 0 saturated carbocycles. The highest BCUT2D eigenvalue weighted by molar-refractivity contribution is 6.31. The van der Waals surface area contributed by atoms with Crippen molar-refractivity contribution in [3.8, 4) is 28.7 Å². The van der Waals surface area contributed by atoms with Gasteiger partial charge in [-0.2, -0.15) is 5.26 Å². The predicted molar refractivity (Wildman–Crippen MR) is 77.2 cm³/mol. The van der Waals surface area contributed by atoms with Crippen LogP contribution in [0, 0.1) is 18.3 Å². The second kappa shape index (κ2) is 5.81. The lowest BCUT2D eigenvalue weighted by Crippen LogP contribution is -1.94. The summed E-state index contributed by atoms with van der Waals surface area (Å²) >= 11 is 6.04. The molecule has 0 amide bonds. The van der Waals surface area contributed by atoms with Gasteiger partial charge in [0.15, 0.2) is 0 Å². The van der Waals surface area contributed by atoms with Gasteiger partial charge in [0, 0.05) is 17.3 Å². The smallest absolute Gasteiger partial charge is 0.147 e. The summed E-state index contributed by atoms with van der Waals surface area (Å²) in [6.45, 7) is 1.83. The van der Waals surface area contributed by atoms with E-state index in [2.05, 4.69) is 11.1 Å². The first-order valence-corrected chi connectivity index (χ1v) is 6.27. The van der Waals surface area contributed by atoms with Crippen LogP contribution in [0.1, 0.15) is 11.3 Å². The lowest BCUT2D eigenvalue weighted by Gasteiger charge is -2.11. The van der Waals surface area contributed by atoms with Crippen molar-refractivity contribution in [2.45, 2.75) is 6.92 Å². The van der Waals surface area contributed by atoms with Gasteiger partial charge in [-0.3, -0.25) is 0 Å². The second-order valence-corrected chi connectivity index (χ2v) is 4.55. The van der Waals surface area contributed by atoms with Crippen LogP contribution in [0.3, 0.4) is 0 Å². The van der Waals surface area contributed by atoms with E-state index in [1.54, 1.807) is 20.3 Å². The Bertz CT molecular complexity index is 671. The van der Waals surface area contributed by atoms with Gasteiger partial charge in [0.2, 0.25) is 0 Å². The summed E-state index contributed by atoms with van der Waals surface area (Å²) in [5, 5.41) is 9.47. The molecule has 4 nitrogen and oxygen atoms in total. The minimum atomic E-state index is 0.198. The van der Waals surface area contributed by atoms with Crippen molar-refractivity contribution in [2.75, 3.05) is 14.2 Å². The van der Waals surface area contributed by atoms with E-state index in [4.69, 9.17) is 21.1 Å². The number of hydrogen-bond donors (Lipinski definition) is 0. The molecule has 0 unspecified atom stereocenters. The highest BCUT2D eigenvalue weighted by atomic mass is 35.5. The Kier molecular flexibility index (Phi) is 4.11. The van der Waals surface area contributed by atoms with Gasteiger partial charge in [-0.25, -0.2) is 4.98 Å². The van der Waals surface area contributed by atoms with E-state index in [1.165, 1.54) is 0 Å². The Morgan fingerprint density at radius 2 is 1.70 bits per heavy atom. The van der Waals surface area contributed by atoms with Crippen molar-refractivity contribution in [1.82, 2.24) is 4.98 Å². The van der Waals surface area contributed by atoms with E-state index in [0.717, 1.165) is 11.3 Å². The first-order chi connectivity index (χ1) is 9.58. The molecule has 1 heterocycles. The van der Waals surface area contributed by atoms with Gasteiger partial charge in [0.05, 0.1) is 19.8 Å². The molecule has 1 aromatic heterocycles. The maximum absolute atomic E-state index is 9.27. The summed E-state index contributed by atoms with van der Waals surface area (Å²) in [6.07, 6.45) is 0. The number of nitrogens with zero attached hydrogens (tertiary/aromatic N) is 2. The lowest BCUT2D eigenvalue weighted by molar-refractivity contribution is 0.394. The molecule has 0 aliphatic rings. The van der Waals surface area contributed by atoms with Crippen LogP contribution in [-0.2, 0) is 0 Å². The van der Waals surface area contributed by atoms with Crippen molar-refractivity contribution in [3.63, 3.8) is 0 Å². The third kappa shape index (κ3) is 2.68. The van der Waals surface area contributed by atoms with Crippen LogP contribution in [0.2, 0.25) is 5.15 Å². The number of benzene rings is 1. The minimum Gasteiger partial charge on any atom is -0.497 e. The van der Waals surface area contributed by atoms with Gasteiger partial charge in [-0.05, 0) is 30.7 Å². The number of aromatic nitrogens is 1. The van der Waals surface area contributed by atoms with Gasteiger partial charge < -0.3 is 9.47 Å². The van der Waals surface area contributed by atoms with E-state index in [9.17, 15) is 5.26 Å². The third-order valence-corrected chi connectivity index (χ3v) is 3.15. The number of nitriles is 1. The average molecular weight is 289 g/mol. The molecule has 0 bridgehead atoms. The summed E-state index contributed by atoms with van der Waals surface area (Å²) in [5.74, 6) is 1.29. The fourth-order valence-electron chi connectivity index (χ4n) is 1.93. The summed E-state index contributed by atoms with van der Waals surface area (Å²) < 4.78 is 10.5. The van der Waals surface area contributed by atoms with E-state index >= 15 is 0 Å². The Morgan fingerprint density at radius 3 is 2.20 bits per heavy atom. The molecule has 0 radical (unpaired) electrons. The summed E-state index contributed by atoms with van der Waals surface area (Å²) in [7, 11) is 3.16. The van der Waals surface area contributed by atoms with Crippen molar-refractivity contribution >= 4 is 11.6 Å². The van der Waals surface area contributed by atoms with Gasteiger partial charge in [0.25, 0.3) is 0 Å². The van der Waals surface area contributed by atoms with E-state index in [1.807, 2.05) is 25.1 Å². The Balaban J connectivity index is 2.71. The largest absolute Gasteiger partial charge is 0.497 e. The van der Waals surface area contributed by atoms with E-state index in [-0.39, 0.29) is 5.15 Å². The normalized spacial score (nSPS) is 9.95. The second-order valence-electron chi connectivity index (χ2n) is 4.19. The zero-order valence-electron chi connectivity index (χ0n) is 11.4. The quantitative estimate of drug-likeness (QED) is 0.810. The molecule has 0 saturated heterocycles. The SMILES string of the molecule is COc1cc(OC)cc(-c2cc(C)nc(Cl)c2C#N)c1. The fraction of sp³-hybridized carbons (Fsp3) is 0.200. The molecule has 0 aliphatic heterocycles. The predicted octanol–water partition coefficient (Wildman–Crippen LogP) is 3.60. The van der Waals surface area contributed by atoms with Crippen LogP contribution in [0.5, 0.6) is 11.5 Å². The molecule has 0 spiro atoms. The molecular formula is C15H13ClN2O2. The molecule has 2 aromatic rings. The summed E-state index contributed by atoms with van der Waals surface area (Å²) in [4.78, 5) is 4.10. The maximum Gasteiger partial charge on any atom is 0.147 e. The molecule has 0 fully saturated rings. The fourth-order valence-corrected chi connectivity index (χ4v) is 2.21. The highest BCUT2D eigenvalue weighted by Gasteiger charge is 2.13. The van der Waals surface area contributed by atoms with E-state index in [0.29, 0.717) is 22.6 Å². The van der Waals surface area contributed by atoms with Gasteiger partial charge in [0.1, 0.15) is 22.7 Å². The Labute approximate surface area is 122 Å². The first kappa shape index (κ1) is 14.2. The Morgan fingerprint density at radius 1 is 1.10 bits per heavy atom. The number of aryl methyl sites for hydroxylation is 1. The molecule has 0 N–H and O–H groups in total. The van der Waals surface area contributed by atoms with Gasteiger partial charge in [-0.15, -0.1) is 0 Å². The number of hydrogen-bond acceptors (Lipinski definition) is 4. The number of methoxy groups -OCH3 is 2. The monoisotopic (exact) mass is 288 g/mol. The first-order valence-electron chi connectivity index (χ1n) is 5.89. The van der Waals surface area contributed by atoms with Gasteiger partial charge in [-0.1, -0.05) is 11.6 Å². The zero-order chi connectivity index (χ0) is 14.7. The van der Waals surface area contributed by atoms with Crippen LogP contribution in [0.15, 0.2) is 24.3 Å². The molecule has 102 valence electrons. The van der Waals surface area contributed by atoms with Crippen molar-refractivity contribution in [3.05, 3.63) is 40.7 Å². The molecule has 0 aliphatic carbocycles. The Hall–Kier alpha value is -2.25. The molecule has 0 atom stereocenters. The number of pyridine rings is 1. The van der Waals surface area contributed by atoms with Crippen LogP contribution < -0.4 is 9.47 Å². The lowest BCUT2D eigenvalue weighted by atomic mass is 10.0. The minimum absolute atomic E-state index is 0.198. The molecule has 2 rings (SSSR count). The zero-order valence-corrected chi connectivity index (χ0v) is 12.2. The standard InChI is InChI=1S/C15H13ClN2O2/c1-9-4-13(14(8-17)15(16)18-9)10-5-11(19-2)7-12(6-10)20-3/h4-7H,1-3H3. The molecule has 5 heteroatoms. The van der Waals surface area contributed by atoms with Crippen molar-refractivity contribution in [2.24, 2.45) is 0 Å².